The molecular weight excluding hydrogens is 180 g/mol. The number of thioether (sulfide) groups is 1. The molecule has 1 unspecified atom stereocenters. The molecule has 1 heterocycles. The molecule has 3 heteroatoms. The number of nitrogens with zero attached hydrogens (tertiary/aromatic N) is 1. The van der Waals surface area contributed by atoms with Crippen molar-refractivity contribution in [3.8, 4) is 0 Å². The highest BCUT2D eigenvalue weighted by Crippen LogP contribution is 2.14. The van der Waals surface area contributed by atoms with E-state index in [-0.39, 0.29) is 0 Å². The van der Waals surface area contributed by atoms with E-state index in [1.165, 1.54) is 43.9 Å². The average molecular weight is 202 g/mol. The normalized spacial score (nSPS) is 22.6. The van der Waals surface area contributed by atoms with E-state index < -0.39 is 0 Å². The van der Waals surface area contributed by atoms with Gasteiger partial charge >= 0.3 is 0 Å². The molecule has 0 radical (unpaired) electrons. The van der Waals surface area contributed by atoms with E-state index in [4.69, 9.17) is 5.73 Å². The molecule has 0 spiro atoms. The Morgan fingerprint density at radius 2 is 2.23 bits per heavy atom. The fraction of sp³-hybridized carbons (Fsp3) is 1.00. The summed E-state index contributed by atoms with van der Waals surface area (Å²) in [4.78, 5) is 2.62. The summed E-state index contributed by atoms with van der Waals surface area (Å²) in [5.41, 5.74) is 5.51. The largest absolute Gasteiger partial charge is 0.330 e. The van der Waals surface area contributed by atoms with Gasteiger partial charge in [-0.05, 0) is 45.0 Å². The van der Waals surface area contributed by atoms with Crippen LogP contribution >= 0.6 is 11.8 Å². The maximum atomic E-state index is 5.51. The lowest BCUT2D eigenvalue weighted by Crippen LogP contribution is -2.35. The second kappa shape index (κ2) is 6.68. The lowest BCUT2D eigenvalue weighted by Gasteiger charge is -2.27. The predicted molar refractivity (Wildman–Crippen MR) is 61.3 cm³/mol. The topological polar surface area (TPSA) is 29.3 Å². The Morgan fingerprint density at radius 1 is 1.38 bits per heavy atom. The SMILES string of the molecule is CC(CCCN)N1CCCSCC1. The Morgan fingerprint density at radius 3 is 3.00 bits per heavy atom. The van der Waals surface area contributed by atoms with Gasteiger partial charge in [-0.25, -0.2) is 0 Å². The van der Waals surface area contributed by atoms with E-state index in [9.17, 15) is 0 Å². The van der Waals surface area contributed by atoms with Crippen molar-refractivity contribution in [2.45, 2.75) is 32.2 Å². The van der Waals surface area contributed by atoms with Crippen LogP contribution in [0.2, 0.25) is 0 Å². The molecule has 2 N–H and O–H groups in total. The van der Waals surface area contributed by atoms with Gasteiger partial charge in [-0.2, -0.15) is 11.8 Å². The zero-order valence-corrected chi connectivity index (χ0v) is 9.48. The fourth-order valence-electron chi connectivity index (χ4n) is 1.80. The minimum absolute atomic E-state index is 0.738. The maximum Gasteiger partial charge on any atom is 0.00752 e. The predicted octanol–water partition coefficient (Wildman–Crippen LogP) is 1.55. The van der Waals surface area contributed by atoms with E-state index in [2.05, 4.69) is 23.6 Å². The van der Waals surface area contributed by atoms with Crippen molar-refractivity contribution in [3.05, 3.63) is 0 Å². The molecule has 0 saturated carbocycles. The maximum absolute atomic E-state index is 5.51. The third-order valence-electron chi connectivity index (χ3n) is 2.71. The van der Waals surface area contributed by atoms with E-state index in [1.807, 2.05) is 0 Å². The third-order valence-corrected chi connectivity index (χ3v) is 3.75. The molecule has 1 aliphatic rings. The third kappa shape index (κ3) is 4.34. The Hall–Kier alpha value is 0.270. The Bertz CT molecular complexity index is 122. The van der Waals surface area contributed by atoms with Gasteiger partial charge in [-0.15, -0.1) is 0 Å². The zero-order valence-electron chi connectivity index (χ0n) is 8.67. The summed E-state index contributed by atoms with van der Waals surface area (Å²) in [6, 6.07) is 0.738. The molecule has 0 aliphatic carbocycles. The molecule has 13 heavy (non-hydrogen) atoms. The fourth-order valence-corrected chi connectivity index (χ4v) is 2.70. The Labute approximate surface area is 86.2 Å². The molecule has 2 nitrogen and oxygen atoms in total. The summed E-state index contributed by atoms with van der Waals surface area (Å²) >= 11 is 2.09. The van der Waals surface area contributed by atoms with Crippen molar-refractivity contribution >= 4 is 11.8 Å². The summed E-state index contributed by atoms with van der Waals surface area (Å²) in [6.45, 7) is 5.74. The average Bonchev–Trinajstić information content (AvgIpc) is 2.42. The van der Waals surface area contributed by atoms with Crippen LogP contribution in [0.3, 0.4) is 0 Å². The van der Waals surface area contributed by atoms with Crippen molar-refractivity contribution in [1.82, 2.24) is 4.90 Å². The van der Waals surface area contributed by atoms with Gasteiger partial charge in [0.15, 0.2) is 0 Å². The first-order valence-corrected chi connectivity index (χ1v) is 6.52. The Kier molecular flexibility index (Phi) is 5.83. The van der Waals surface area contributed by atoms with Crippen LogP contribution in [-0.2, 0) is 0 Å². The standard InChI is InChI=1S/C10H22N2S/c1-10(4-2-5-11)12-6-3-8-13-9-7-12/h10H,2-9,11H2,1H3. The van der Waals surface area contributed by atoms with Crippen molar-refractivity contribution in [2.75, 3.05) is 31.1 Å². The molecule has 1 fully saturated rings. The van der Waals surface area contributed by atoms with Crippen LogP contribution in [0.25, 0.3) is 0 Å². The molecule has 78 valence electrons. The lowest BCUT2D eigenvalue weighted by atomic mass is 10.1. The van der Waals surface area contributed by atoms with E-state index >= 15 is 0 Å². The molecule has 1 saturated heterocycles. The highest BCUT2D eigenvalue weighted by molar-refractivity contribution is 7.99. The molecule has 0 aromatic rings. The van der Waals surface area contributed by atoms with Crippen molar-refractivity contribution in [1.29, 1.82) is 0 Å². The van der Waals surface area contributed by atoms with Crippen LogP contribution in [0.4, 0.5) is 0 Å². The molecule has 0 aromatic carbocycles. The van der Waals surface area contributed by atoms with Crippen LogP contribution in [0.15, 0.2) is 0 Å². The van der Waals surface area contributed by atoms with Gasteiger partial charge in [0, 0.05) is 18.3 Å². The van der Waals surface area contributed by atoms with Crippen molar-refractivity contribution < 1.29 is 0 Å². The first-order chi connectivity index (χ1) is 6.34. The first-order valence-electron chi connectivity index (χ1n) is 5.36. The summed E-state index contributed by atoms with van der Waals surface area (Å²) in [5, 5.41) is 0. The second-order valence-electron chi connectivity index (χ2n) is 3.78. The summed E-state index contributed by atoms with van der Waals surface area (Å²) in [6.07, 6.45) is 3.80. The van der Waals surface area contributed by atoms with Gasteiger partial charge in [0.25, 0.3) is 0 Å². The highest BCUT2D eigenvalue weighted by atomic mass is 32.2. The van der Waals surface area contributed by atoms with Gasteiger partial charge in [0.1, 0.15) is 0 Å². The zero-order chi connectivity index (χ0) is 9.52. The highest BCUT2D eigenvalue weighted by Gasteiger charge is 2.14. The van der Waals surface area contributed by atoms with Crippen LogP contribution in [0.1, 0.15) is 26.2 Å². The smallest absolute Gasteiger partial charge is 0.00752 e. The van der Waals surface area contributed by atoms with E-state index in [1.54, 1.807) is 0 Å². The molecule has 0 aromatic heterocycles. The Balaban J connectivity index is 2.22. The minimum Gasteiger partial charge on any atom is -0.330 e. The molecule has 0 amide bonds. The number of rotatable bonds is 4. The molecule has 1 aliphatic heterocycles. The summed E-state index contributed by atoms with van der Waals surface area (Å²) in [5.74, 6) is 2.66. The van der Waals surface area contributed by atoms with Gasteiger partial charge in [0.05, 0.1) is 0 Å². The first kappa shape index (κ1) is 11.3. The van der Waals surface area contributed by atoms with Gasteiger partial charge < -0.3 is 5.73 Å². The number of hydrogen-bond acceptors (Lipinski definition) is 3. The summed E-state index contributed by atoms with van der Waals surface area (Å²) < 4.78 is 0. The van der Waals surface area contributed by atoms with Gasteiger partial charge in [-0.3, -0.25) is 4.90 Å². The van der Waals surface area contributed by atoms with Crippen LogP contribution < -0.4 is 5.73 Å². The van der Waals surface area contributed by atoms with E-state index in [0.717, 1.165) is 12.6 Å². The molecule has 1 rings (SSSR count). The van der Waals surface area contributed by atoms with Crippen molar-refractivity contribution in [2.24, 2.45) is 5.73 Å². The van der Waals surface area contributed by atoms with Crippen LogP contribution in [0.5, 0.6) is 0 Å². The lowest BCUT2D eigenvalue weighted by molar-refractivity contribution is 0.213. The molecule has 0 bridgehead atoms. The monoisotopic (exact) mass is 202 g/mol. The van der Waals surface area contributed by atoms with E-state index in [0.29, 0.717) is 0 Å². The summed E-state index contributed by atoms with van der Waals surface area (Å²) in [7, 11) is 0. The molecular formula is C10H22N2S. The quantitative estimate of drug-likeness (QED) is 0.750. The minimum atomic E-state index is 0.738. The van der Waals surface area contributed by atoms with Gasteiger partial charge in [0.2, 0.25) is 0 Å². The van der Waals surface area contributed by atoms with Crippen LogP contribution in [-0.4, -0.2) is 42.1 Å². The second-order valence-corrected chi connectivity index (χ2v) is 5.01. The number of nitrogens with two attached hydrogens (primary N) is 1. The van der Waals surface area contributed by atoms with Crippen LogP contribution in [0, 0.1) is 0 Å². The van der Waals surface area contributed by atoms with Crippen molar-refractivity contribution in [3.63, 3.8) is 0 Å². The van der Waals surface area contributed by atoms with Gasteiger partial charge in [-0.1, -0.05) is 0 Å². The number of hydrogen-bond donors (Lipinski definition) is 1. The molecule has 1 atom stereocenters.